The first-order chi connectivity index (χ1) is 11.1. The molecule has 0 aromatic heterocycles. The lowest BCUT2D eigenvalue weighted by atomic mass is 9.80. The van der Waals surface area contributed by atoms with E-state index in [4.69, 9.17) is 4.74 Å². The SMILES string of the molecule is C[C@H](NC(=O)NC1CCOC12CCCCC2)c1cccc(O)c1. The second-order valence-electron chi connectivity index (χ2n) is 6.75. The van der Waals surface area contributed by atoms with Gasteiger partial charge in [0.05, 0.1) is 17.7 Å². The van der Waals surface area contributed by atoms with Gasteiger partial charge in [-0.1, -0.05) is 31.4 Å². The third-order valence-electron chi connectivity index (χ3n) is 5.15. The summed E-state index contributed by atoms with van der Waals surface area (Å²) in [7, 11) is 0. The maximum atomic E-state index is 12.4. The Bertz CT molecular complexity index is 555. The molecule has 1 saturated heterocycles. The Morgan fingerprint density at radius 1 is 1.35 bits per heavy atom. The van der Waals surface area contributed by atoms with Crippen LogP contribution in [0.1, 0.15) is 57.1 Å². The summed E-state index contributed by atoms with van der Waals surface area (Å²) < 4.78 is 6.02. The quantitative estimate of drug-likeness (QED) is 0.801. The van der Waals surface area contributed by atoms with Crippen LogP contribution in [0.3, 0.4) is 0 Å². The Morgan fingerprint density at radius 3 is 2.87 bits per heavy atom. The lowest BCUT2D eigenvalue weighted by Gasteiger charge is -2.38. The third kappa shape index (κ3) is 3.61. The number of benzene rings is 1. The van der Waals surface area contributed by atoms with E-state index in [0.29, 0.717) is 0 Å². The van der Waals surface area contributed by atoms with Gasteiger partial charge in [0.25, 0.3) is 0 Å². The van der Waals surface area contributed by atoms with Crippen LogP contribution < -0.4 is 10.6 Å². The smallest absolute Gasteiger partial charge is 0.315 e. The zero-order valence-electron chi connectivity index (χ0n) is 13.7. The number of carbonyl (C=O) groups excluding carboxylic acids is 1. The number of amides is 2. The molecule has 1 aromatic carbocycles. The number of phenols is 1. The lowest BCUT2D eigenvalue weighted by molar-refractivity contribution is -0.0367. The molecule has 1 unspecified atom stereocenters. The number of carbonyl (C=O) groups is 1. The molecule has 1 aliphatic heterocycles. The van der Waals surface area contributed by atoms with E-state index in [2.05, 4.69) is 10.6 Å². The van der Waals surface area contributed by atoms with Crippen LogP contribution in [0.25, 0.3) is 0 Å². The van der Waals surface area contributed by atoms with Crippen LogP contribution in [0, 0.1) is 0 Å². The molecule has 126 valence electrons. The molecule has 1 spiro atoms. The maximum Gasteiger partial charge on any atom is 0.315 e. The first-order valence-corrected chi connectivity index (χ1v) is 8.59. The second-order valence-corrected chi connectivity index (χ2v) is 6.75. The van der Waals surface area contributed by atoms with Crippen molar-refractivity contribution in [2.75, 3.05) is 6.61 Å². The summed E-state index contributed by atoms with van der Waals surface area (Å²) in [5, 5.41) is 15.6. The highest BCUT2D eigenvalue weighted by Crippen LogP contribution is 2.39. The molecule has 0 radical (unpaired) electrons. The zero-order valence-corrected chi connectivity index (χ0v) is 13.7. The number of phenolic OH excluding ortho intramolecular Hbond substituents is 1. The summed E-state index contributed by atoms with van der Waals surface area (Å²) in [5.41, 5.74) is 0.735. The van der Waals surface area contributed by atoms with Gasteiger partial charge in [0.15, 0.2) is 0 Å². The Balaban J connectivity index is 1.58. The first kappa shape index (κ1) is 16.1. The van der Waals surface area contributed by atoms with Crippen molar-refractivity contribution in [1.29, 1.82) is 0 Å². The maximum absolute atomic E-state index is 12.4. The molecule has 2 aliphatic rings. The van der Waals surface area contributed by atoms with Crippen LogP contribution in [-0.4, -0.2) is 29.4 Å². The summed E-state index contributed by atoms with van der Waals surface area (Å²) in [5.74, 6) is 0.210. The highest BCUT2D eigenvalue weighted by Gasteiger charge is 2.45. The molecule has 1 saturated carbocycles. The summed E-state index contributed by atoms with van der Waals surface area (Å²) >= 11 is 0. The summed E-state index contributed by atoms with van der Waals surface area (Å²) in [6, 6.07) is 6.74. The van der Waals surface area contributed by atoms with Gasteiger partial charge in [0, 0.05) is 6.61 Å². The molecule has 2 atom stereocenters. The molecule has 0 bridgehead atoms. The van der Waals surface area contributed by atoms with Crippen LogP contribution in [0.5, 0.6) is 5.75 Å². The Kier molecular flexibility index (Phi) is 4.76. The highest BCUT2D eigenvalue weighted by atomic mass is 16.5. The highest BCUT2D eigenvalue weighted by molar-refractivity contribution is 5.75. The van der Waals surface area contributed by atoms with Crippen molar-refractivity contribution in [1.82, 2.24) is 10.6 Å². The van der Waals surface area contributed by atoms with Crippen LogP contribution >= 0.6 is 0 Å². The molecular weight excluding hydrogens is 292 g/mol. The van der Waals surface area contributed by atoms with Crippen LogP contribution in [0.2, 0.25) is 0 Å². The van der Waals surface area contributed by atoms with Crippen LogP contribution in [-0.2, 0) is 4.74 Å². The van der Waals surface area contributed by atoms with Gasteiger partial charge in [-0.25, -0.2) is 4.79 Å². The fourth-order valence-electron chi connectivity index (χ4n) is 3.86. The van der Waals surface area contributed by atoms with Gasteiger partial charge in [-0.05, 0) is 43.9 Å². The van der Waals surface area contributed by atoms with Crippen molar-refractivity contribution in [3.63, 3.8) is 0 Å². The van der Waals surface area contributed by atoms with E-state index in [1.54, 1.807) is 18.2 Å². The average molecular weight is 318 g/mol. The van der Waals surface area contributed by atoms with Crippen molar-refractivity contribution < 1.29 is 14.6 Å². The molecular formula is C18H26N2O3. The Morgan fingerprint density at radius 2 is 2.13 bits per heavy atom. The van der Waals surface area contributed by atoms with E-state index in [9.17, 15) is 9.90 Å². The van der Waals surface area contributed by atoms with Crippen molar-refractivity contribution in [3.05, 3.63) is 29.8 Å². The Labute approximate surface area is 137 Å². The minimum Gasteiger partial charge on any atom is -0.508 e. The molecule has 1 aromatic rings. The summed E-state index contributed by atoms with van der Waals surface area (Å²) in [6.07, 6.45) is 6.59. The summed E-state index contributed by atoms with van der Waals surface area (Å²) in [6.45, 7) is 2.64. The predicted molar refractivity (Wildman–Crippen MR) is 88.4 cm³/mol. The van der Waals surface area contributed by atoms with Gasteiger partial charge in [0.1, 0.15) is 5.75 Å². The van der Waals surface area contributed by atoms with E-state index in [0.717, 1.165) is 31.4 Å². The van der Waals surface area contributed by atoms with Crippen molar-refractivity contribution in [3.8, 4) is 5.75 Å². The minimum atomic E-state index is -0.165. The monoisotopic (exact) mass is 318 g/mol. The normalized spacial score (nSPS) is 24.3. The van der Waals surface area contributed by atoms with E-state index in [1.165, 1.54) is 19.3 Å². The number of nitrogens with one attached hydrogen (secondary N) is 2. The standard InChI is InChI=1S/C18H26N2O3/c1-13(14-6-5-7-15(21)12-14)19-17(22)20-16-8-11-23-18(16)9-3-2-4-10-18/h5-7,12-13,16,21H,2-4,8-11H2,1H3,(H2,19,20,22)/t13-,16?/m0/s1. The van der Waals surface area contributed by atoms with Crippen molar-refractivity contribution >= 4 is 6.03 Å². The Hall–Kier alpha value is -1.75. The van der Waals surface area contributed by atoms with Gasteiger partial charge in [-0.3, -0.25) is 0 Å². The zero-order chi connectivity index (χ0) is 16.3. The number of hydrogen-bond donors (Lipinski definition) is 3. The molecule has 1 aliphatic carbocycles. The second kappa shape index (κ2) is 6.79. The van der Waals surface area contributed by atoms with Gasteiger partial charge in [-0.2, -0.15) is 0 Å². The molecule has 2 fully saturated rings. The van der Waals surface area contributed by atoms with Gasteiger partial charge in [0.2, 0.25) is 0 Å². The number of urea groups is 1. The summed E-state index contributed by atoms with van der Waals surface area (Å²) in [4.78, 5) is 12.4. The first-order valence-electron chi connectivity index (χ1n) is 8.59. The predicted octanol–water partition coefficient (Wildman–Crippen LogP) is 3.24. The van der Waals surface area contributed by atoms with Gasteiger partial charge >= 0.3 is 6.03 Å². The lowest BCUT2D eigenvalue weighted by Crippen LogP contribution is -2.53. The van der Waals surface area contributed by atoms with Crippen LogP contribution in [0.4, 0.5) is 4.79 Å². The van der Waals surface area contributed by atoms with E-state index >= 15 is 0 Å². The molecule has 1 heterocycles. The van der Waals surface area contributed by atoms with Crippen molar-refractivity contribution in [2.45, 2.75) is 63.1 Å². The average Bonchev–Trinajstić information content (AvgIpc) is 2.90. The van der Waals surface area contributed by atoms with Gasteiger partial charge < -0.3 is 20.5 Å². The molecule has 5 nitrogen and oxygen atoms in total. The van der Waals surface area contributed by atoms with E-state index in [-0.39, 0.29) is 29.5 Å². The molecule has 2 amide bonds. The molecule has 5 heteroatoms. The minimum absolute atomic E-state index is 0.0965. The fraction of sp³-hybridized carbons (Fsp3) is 0.611. The van der Waals surface area contributed by atoms with Gasteiger partial charge in [-0.15, -0.1) is 0 Å². The number of hydrogen-bond acceptors (Lipinski definition) is 3. The fourth-order valence-corrected chi connectivity index (χ4v) is 3.86. The molecule has 23 heavy (non-hydrogen) atoms. The van der Waals surface area contributed by atoms with E-state index in [1.807, 2.05) is 13.0 Å². The van der Waals surface area contributed by atoms with Crippen molar-refractivity contribution in [2.24, 2.45) is 0 Å². The number of rotatable bonds is 3. The third-order valence-corrected chi connectivity index (χ3v) is 5.15. The number of ether oxygens (including phenoxy) is 1. The van der Waals surface area contributed by atoms with E-state index < -0.39 is 0 Å². The molecule has 3 rings (SSSR count). The van der Waals surface area contributed by atoms with Crippen LogP contribution in [0.15, 0.2) is 24.3 Å². The number of aromatic hydroxyl groups is 1. The largest absolute Gasteiger partial charge is 0.508 e. The topological polar surface area (TPSA) is 70.6 Å². The molecule has 3 N–H and O–H groups in total.